The van der Waals surface area contributed by atoms with Crippen LogP contribution in [-0.4, -0.2) is 15.8 Å². The number of nitrogens with zero attached hydrogens (tertiary/aromatic N) is 2. The third-order valence-corrected chi connectivity index (χ3v) is 2.75. The van der Waals surface area contributed by atoms with Gasteiger partial charge < -0.3 is 0 Å². The van der Waals surface area contributed by atoms with E-state index in [1.807, 2.05) is 6.92 Å². The average Bonchev–Trinajstić information content (AvgIpc) is 2.33. The maximum absolute atomic E-state index is 12.9. The lowest BCUT2D eigenvalue weighted by Gasteiger charge is -2.03. The van der Waals surface area contributed by atoms with Crippen LogP contribution in [0.1, 0.15) is 21.7 Å². The van der Waals surface area contributed by atoms with Crippen LogP contribution < -0.4 is 0 Å². The number of Topliss-reactive ketones (excluding diaryl/α,β-unsaturated/α-hetero) is 1. The van der Waals surface area contributed by atoms with Crippen LogP contribution in [0.15, 0.2) is 30.6 Å². The number of hydrogen-bond acceptors (Lipinski definition) is 3. The Morgan fingerprint density at radius 3 is 2.61 bits per heavy atom. The molecule has 0 fully saturated rings. The SMILES string of the molecule is Cc1cnc(C(=O)Cc2ccc(F)cc2Cl)nc1. The maximum Gasteiger partial charge on any atom is 0.204 e. The third kappa shape index (κ3) is 2.90. The van der Waals surface area contributed by atoms with Gasteiger partial charge in [0.2, 0.25) is 5.78 Å². The highest BCUT2D eigenvalue weighted by atomic mass is 35.5. The molecule has 0 N–H and O–H groups in total. The number of hydrogen-bond donors (Lipinski definition) is 0. The first-order valence-corrected chi connectivity index (χ1v) is 5.70. The van der Waals surface area contributed by atoms with E-state index in [9.17, 15) is 9.18 Å². The van der Waals surface area contributed by atoms with E-state index >= 15 is 0 Å². The van der Waals surface area contributed by atoms with Gasteiger partial charge >= 0.3 is 0 Å². The van der Waals surface area contributed by atoms with E-state index in [2.05, 4.69) is 9.97 Å². The van der Waals surface area contributed by atoms with E-state index in [0.29, 0.717) is 5.56 Å². The first kappa shape index (κ1) is 12.6. The highest BCUT2D eigenvalue weighted by molar-refractivity contribution is 6.31. The van der Waals surface area contributed by atoms with Crippen molar-refractivity contribution in [1.82, 2.24) is 9.97 Å². The molecule has 3 nitrogen and oxygen atoms in total. The Kier molecular flexibility index (Phi) is 3.67. The fraction of sp³-hybridized carbons (Fsp3) is 0.154. The second kappa shape index (κ2) is 5.23. The van der Waals surface area contributed by atoms with Crippen LogP contribution in [0.3, 0.4) is 0 Å². The zero-order valence-corrected chi connectivity index (χ0v) is 10.4. The first-order chi connectivity index (χ1) is 8.56. The van der Waals surface area contributed by atoms with E-state index in [-0.39, 0.29) is 23.1 Å². The highest BCUT2D eigenvalue weighted by Gasteiger charge is 2.12. The minimum Gasteiger partial charge on any atom is -0.290 e. The number of aromatic nitrogens is 2. The van der Waals surface area contributed by atoms with Crippen LogP contribution in [0.2, 0.25) is 5.02 Å². The van der Waals surface area contributed by atoms with Crippen LogP contribution in [-0.2, 0) is 6.42 Å². The van der Waals surface area contributed by atoms with Gasteiger partial charge in [-0.2, -0.15) is 0 Å². The summed E-state index contributed by atoms with van der Waals surface area (Å²) in [6, 6.07) is 3.94. The van der Waals surface area contributed by atoms with Gasteiger partial charge in [-0.1, -0.05) is 17.7 Å². The van der Waals surface area contributed by atoms with Crippen molar-refractivity contribution in [3.05, 3.63) is 58.4 Å². The second-order valence-corrected chi connectivity index (χ2v) is 4.33. The molecule has 0 aliphatic heterocycles. The van der Waals surface area contributed by atoms with Crippen LogP contribution in [0.4, 0.5) is 4.39 Å². The minimum atomic E-state index is -0.428. The molecule has 18 heavy (non-hydrogen) atoms. The topological polar surface area (TPSA) is 42.9 Å². The smallest absolute Gasteiger partial charge is 0.204 e. The van der Waals surface area contributed by atoms with Crippen molar-refractivity contribution in [2.24, 2.45) is 0 Å². The molecule has 0 bridgehead atoms. The summed E-state index contributed by atoms with van der Waals surface area (Å²) < 4.78 is 12.9. The van der Waals surface area contributed by atoms with Gasteiger partial charge in [0.25, 0.3) is 0 Å². The van der Waals surface area contributed by atoms with Crippen molar-refractivity contribution < 1.29 is 9.18 Å². The Morgan fingerprint density at radius 2 is 2.00 bits per heavy atom. The Bertz CT molecular complexity index is 584. The summed E-state index contributed by atoms with van der Waals surface area (Å²) in [5, 5.41) is 0.232. The Balaban J connectivity index is 2.18. The van der Waals surface area contributed by atoms with E-state index in [4.69, 9.17) is 11.6 Å². The molecule has 92 valence electrons. The largest absolute Gasteiger partial charge is 0.290 e. The number of halogens is 2. The van der Waals surface area contributed by atoms with Crippen molar-refractivity contribution in [2.75, 3.05) is 0 Å². The van der Waals surface area contributed by atoms with Crippen LogP contribution >= 0.6 is 11.6 Å². The lowest BCUT2D eigenvalue weighted by molar-refractivity contribution is 0.0983. The van der Waals surface area contributed by atoms with E-state index < -0.39 is 5.82 Å². The molecule has 5 heteroatoms. The number of rotatable bonds is 3. The summed E-state index contributed by atoms with van der Waals surface area (Å²) in [6.07, 6.45) is 3.21. The first-order valence-electron chi connectivity index (χ1n) is 5.32. The van der Waals surface area contributed by atoms with E-state index in [0.717, 1.165) is 5.56 Å². The van der Waals surface area contributed by atoms with Crippen LogP contribution in [0, 0.1) is 12.7 Å². The molecule has 0 aliphatic rings. The molecule has 0 amide bonds. The lowest BCUT2D eigenvalue weighted by atomic mass is 10.1. The molecule has 1 aromatic carbocycles. The molecule has 0 atom stereocenters. The van der Waals surface area contributed by atoms with Gasteiger partial charge in [0.15, 0.2) is 5.82 Å². The van der Waals surface area contributed by atoms with Gasteiger partial charge in [-0.3, -0.25) is 4.79 Å². The molecule has 0 radical (unpaired) electrons. The quantitative estimate of drug-likeness (QED) is 0.801. The van der Waals surface area contributed by atoms with Gasteiger partial charge in [-0.25, -0.2) is 14.4 Å². The molecular formula is C13H10ClFN2O. The fourth-order valence-corrected chi connectivity index (χ4v) is 1.69. The molecule has 0 spiro atoms. The fourth-order valence-electron chi connectivity index (χ4n) is 1.45. The van der Waals surface area contributed by atoms with Gasteiger partial charge in [0, 0.05) is 23.8 Å². The van der Waals surface area contributed by atoms with Crippen LogP contribution in [0.25, 0.3) is 0 Å². The maximum atomic E-state index is 12.9. The van der Waals surface area contributed by atoms with Gasteiger partial charge in [-0.05, 0) is 30.2 Å². The molecule has 1 aromatic heterocycles. The van der Waals surface area contributed by atoms with Crippen molar-refractivity contribution in [2.45, 2.75) is 13.3 Å². The Hall–Kier alpha value is -1.81. The number of aryl methyl sites for hydroxylation is 1. The monoisotopic (exact) mass is 264 g/mol. The second-order valence-electron chi connectivity index (χ2n) is 3.92. The summed E-state index contributed by atoms with van der Waals surface area (Å²) in [7, 11) is 0. The summed E-state index contributed by atoms with van der Waals surface area (Å²) in [5.74, 6) is -0.535. The summed E-state index contributed by atoms with van der Waals surface area (Å²) in [6.45, 7) is 1.84. The Morgan fingerprint density at radius 1 is 1.33 bits per heavy atom. The van der Waals surface area contributed by atoms with E-state index in [1.54, 1.807) is 12.4 Å². The summed E-state index contributed by atoms with van der Waals surface area (Å²) in [4.78, 5) is 19.8. The van der Waals surface area contributed by atoms with Gasteiger partial charge in [0.05, 0.1) is 0 Å². The zero-order chi connectivity index (χ0) is 13.1. The summed E-state index contributed by atoms with van der Waals surface area (Å²) in [5.41, 5.74) is 1.44. The minimum absolute atomic E-state index is 0.0577. The van der Waals surface area contributed by atoms with Crippen molar-refractivity contribution in [1.29, 1.82) is 0 Å². The number of carbonyl (C=O) groups excluding carboxylic acids is 1. The number of carbonyl (C=O) groups is 1. The molecule has 2 rings (SSSR count). The molecule has 0 saturated carbocycles. The molecule has 2 aromatic rings. The molecule has 0 unspecified atom stereocenters. The Labute approximate surface area is 109 Å². The van der Waals surface area contributed by atoms with Crippen molar-refractivity contribution in [3.63, 3.8) is 0 Å². The predicted octanol–water partition coefficient (Wildman–Crippen LogP) is 3.00. The molecular weight excluding hydrogens is 255 g/mol. The normalized spacial score (nSPS) is 10.4. The molecule has 0 saturated heterocycles. The number of benzene rings is 1. The number of ketones is 1. The third-order valence-electron chi connectivity index (χ3n) is 2.40. The van der Waals surface area contributed by atoms with E-state index in [1.165, 1.54) is 18.2 Å². The standard InChI is InChI=1S/C13H10ClFN2O/c1-8-6-16-13(17-7-8)12(18)4-9-2-3-10(15)5-11(9)14/h2-3,5-7H,4H2,1H3. The lowest BCUT2D eigenvalue weighted by Crippen LogP contribution is -2.09. The molecule has 1 heterocycles. The molecule has 0 aliphatic carbocycles. The van der Waals surface area contributed by atoms with Crippen molar-refractivity contribution in [3.8, 4) is 0 Å². The van der Waals surface area contributed by atoms with Crippen LogP contribution in [0.5, 0.6) is 0 Å². The van der Waals surface area contributed by atoms with Gasteiger partial charge in [0.1, 0.15) is 5.82 Å². The van der Waals surface area contributed by atoms with Gasteiger partial charge in [-0.15, -0.1) is 0 Å². The summed E-state index contributed by atoms with van der Waals surface area (Å²) >= 11 is 5.85. The zero-order valence-electron chi connectivity index (χ0n) is 9.65. The average molecular weight is 265 g/mol. The predicted molar refractivity (Wildman–Crippen MR) is 66.2 cm³/mol. The van der Waals surface area contributed by atoms with Crippen molar-refractivity contribution >= 4 is 17.4 Å². The highest BCUT2D eigenvalue weighted by Crippen LogP contribution is 2.18.